The first-order valence-electron chi connectivity index (χ1n) is 12.2. The van der Waals surface area contributed by atoms with Gasteiger partial charge in [-0.05, 0) is 61.9 Å². The lowest BCUT2D eigenvalue weighted by molar-refractivity contribution is 0.0518. The van der Waals surface area contributed by atoms with Crippen molar-refractivity contribution < 1.29 is 19.1 Å². The Bertz CT molecular complexity index is 1480. The number of anilines is 2. The number of amides is 1. The molecule has 2 heterocycles. The van der Waals surface area contributed by atoms with Crippen LogP contribution in [-0.2, 0) is 4.74 Å². The molecule has 3 aromatic carbocycles. The molecule has 0 saturated heterocycles. The van der Waals surface area contributed by atoms with Gasteiger partial charge < -0.3 is 19.7 Å². The second kappa shape index (κ2) is 10.2. The smallest absolute Gasteiger partial charge is 0.358 e. The summed E-state index contributed by atoms with van der Waals surface area (Å²) in [7, 11) is 2.00. The fourth-order valence-electron chi connectivity index (χ4n) is 4.34. The molecule has 1 aliphatic heterocycles. The van der Waals surface area contributed by atoms with Gasteiger partial charge in [-0.1, -0.05) is 30.3 Å². The minimum Gasteiger partial charge on any atom is -0.490 e. The molecule has 5 rings (SSSR count). The first-order valence-corrected chi connectivity index (χ1v) is 12.2. The number of fused-ring (bicyclic) bond motifs is 1. The maximum atomic E-state index is 13.1. The maximum absolute atomic E-state index is 13.1. The van der Waals surface area contributed by atoms with Crippen molar-refractivity contribution in [2.75, 3.05) is 37.0 Å². The van der Waals surface area contributed by atoms with Gasteiger partial charge in [0, 0.05) is 23.9 Å². The number of benzene rings is 3. The lowest BCUT2D eigenvalue weighted by atomic mass is 10.1. The Balaban J connectivity index is 1.47. The highest BCUT2D eigenvalue weighted by molar-refractivity contribution is 6.05. The van der Waals surface area contributed by atoms with Gasteiger partial charge in [0.15, 0.2) is 5.69 Å². The predicted octanol–water partition coefficient (Wildman–Crippen LogP) is 5.11. The van der Waals surface area contributed by atoms with Crippen LogP contribution in [0.25, 0.3) is 16.9 Å². The highest BCUT2D eigenvalue weighted by Crippen LogP contribution is 2.32. The van der Waals surface area contributed by atoms with Crippen LogP contribution in [0.1, 0.15) is 33.3 Å². The number of esters is 1. The summed E-state index contributed by atoms with van der Waals surface area (Å²) in [5.74, 6) is -0.0269. The van der Waals surface area contributed by atoms with E-state index in [9.17, 15) is 9.59 Å². The zero-order valence-electron chi connectivity index (χ0n) is 21.0. The fourth-order valence-corrected chi connectivity index (χ4v) is 4.34. The van der Waals surface area contributed by atoms with Gasteiger partial charge in [0.05, 0.1) is 30.2 Å². The van der Waals surface area contributed by atoms with Crippen molar-refractivity contribution in [3.63, 3.8) is 0 Å². The van der Waals surface area contributed by atoms with Gasteiger partial charge in [0.1, 0.15) is 12.4 Å². The average molecular weight is 497 g/mol. The number of rotatable bonds is 6. The number of aryl methyl sites for hydroxylation is 1. The monoisotopic (exact) mass is 496 g/mol. The van der Waals surface area contributed by atoms with Crippen LogP contribution >= 0.6 is 0 Å². The highest BCUT2D eigenvalue weighted by Gasteiger charge is 2.20. The van der Waals surface area contributed by atoms with Crippen molar-refractivity contribution in [1.82, 2.24) is 9.78 Å². The molecule has 0 unspecified atom stereocenters. The third-order valence-electron chi connectivity index (χ3n) is 6.27. The van der Waals surface area contributed by atoms with Gasteiger partial charge in [-0.25, -0.2) is 9.48 Å². The molecule has 0 atom stereocenters. The zero-order chi connectivity index (χ0) is 25.9. The molecule has 0 aliphatic carbocycles. The second-order valence-electron chi connectivity index (χ2n) is 8.82. The van der Waals surface area contributed by atoms with Gasteiger partial charge >= 0.3 is 5.97 Å². The predicted molar refractivity (Wildman–Crippen MR) is 143 cm³/mol. The van der Waals surface area contributed by atoms with Crippen LogP contribution in [0.15, 0.2) is 72.8 Å². The molecular weight excluding hydrogens is 468 g/mol. The van der Waals surface area contributed by atoms with Crippen molar-refractivity contribution in [2.45, 2.75) is 13.8 Å². The first kappa shape index (κ1) is 24.1. The number of hydrogen-bond donors (Lipinski definition) is 1. The molecule has 8 nitrogen and oxygen atoms in total. The molecule has 188 valence electrons. The summed E-state index contributed by atoms with van der Waals surface area (Å²) in [6, 6.07) is 22.4. The summed E-state index contributed by atoms with van der Waals surface area (Å²) in [6.45, 7) is 5.40. The molecule has 0 spiro atoms. The van der Waals surface area contributed by atoms with Crippen molar-refractivity contribution in [3.8, 4) is 22.7 Å². The number of carbonyl (C=O) groups is 2. The summed E-state index contributed by atoms with van der Waals surface area (Å²) in [5, 5.41) is 7.54. The Morgan fingerprint density at radius 2 is 1.86 bits per heavy atom. The Kier molecular flexibility index (Phi) is 6.64. The molecule has 4 aromatic rings. The molecule has 0 radical (unpaired) electrons. The Labute approximate surface area is 215 Å². The normalized spacial score (nSPS) is 12.5. The summed E-state index contributed by atoms with van der Waals surface area (Å²) >= 11 is 0. The van der Waals surface area contributed by atoms with Crippen molar-refractivity contribution in [2.24, 2.45) is 0 Å². The third kappa shape index (κ3) is 4.91. The first-order chi connectivity index (χ1) is 17.9. The third-order valence-corrected chi connectivity index (χ3v) is 6.27. The SMILES string of the molecule is CCOC(=O)c1cc(-c2cccc(NC(=O)c3ccc4c(c3)OCCN4C)c2)n(-c2ccccc2C)n1. The van der Waals surface area contributed by atoms with Crippen LogP contribution in [0.5, 0.6) is 5.75 Å². The lowest BCUT2D eigenvalue weighted by Crippen LogP contribution is -2.29. The van der Waals surface area contributed by atoms with E-state index in [4.69, 9.17) is 9.47 Å². The Hall–Kier alpha value is -4.59. The van der Waals surface area contributed by atoms with E-state index in [0.717, 1.165) is 29.0 Å². The number of ether oxygens (including phenoxy) is 2. The standard InChI is InChI=1S/C29H28N4O4/c1-4-36-29(35)23-18-26(33(31-23)24-11-6-5-8-19(24)2)20-9-7-10-22(16-20)30-28(34)21-12-13-25-27(17-21)37-15-14-32(25)3/h5-13,16-18H,4,14-15H2,1-3H3,(H,30,34). The molecule has 1 aromatic heterocycles. The van der Waals surface area contributed by atoms with Crippen molar-refractivity contribution in [1.29, 1.82) is 0 Å². The van der Waals surface area contributed by atoms with E-state index < -0.39 is 5.97 Å². The molecule has 1 N–H and O–H groups in total. The number of nitrogens with one attached hydrogen (secondary N) is 1. The molecule has 37 heavy (non-hydrogen) atoms. The van der Waals surface area contributed by atoms with E-state index in [-0.39, 0.29) is 18.2 Å². The minimum absolute atomic E-state index is 0.216. The van der Waals surface area contributed by atoms with E-state index in [0.29, 0.717) is 29.3 Å². The molecular formula is C29H28N4O4. The fraction of sp³-hybridized carbons (Fsp3) is 0.207. The largest absolute Gasteiger partial charge is 0.490 e. The molecule has 1 aliphatic rings. The number of carbonyl (C=O) groups excluding carboxylic acids is 2. The van der Waals surface area contributed by atoms with Crippen molar-refractivity contribution in [3.05, 3.63) is 89.6 Å². The molecule has 0 bridgehead atoms. The second-order valence-corrected chi connectivity index (χ2v) is 8.82. The van der Waals surface area contributed by atoms with E-state index in [1.54, 1.807) is 29.8 Å². The van der Waals surface area contributed by atoms with Gasteiger partial charge in [-0.2, -0.15) is 5.10 Å². The minimum atomic E-state index is -0.485. The summed E-state index contributed by atoms with van der Waals surface area (Å²) in [6.07, 6.45) is 0. The van der Waals surface area contributed by atoms with E-state index in [1.165, 1.54) is 0 Å². The number of likely N-dealkylation sites (N-methyl/N-ethyl adjacent to an activating group) is 1. The Morgan fingerprint density at radius 1 is 1.03 bits per heavy atom. The van der Waals surface area contributed by atoms with Crippen molar-refractivity contribution >= 4 is 23.3 Å². The van der Waals surface area contributed by atoms with Crippen LogP contribution in [0, 0.1) is 6.92 Å². The Morgan fingerprint density at radius 3 is 2.68 bits per heavy atom. The number of aromatic nitrogens is 2. The molecule has 8 heteroatoms. The summed E-state index contributed by atoms with van der Waals surface area (Å²) in [4.78, 5) is 27.7. The summed E-state index contributed by atoms with van der Waals surface area (Å²) < 4.78 is 12.7. The average Bonchev–Trinajstić information content (AvgIpc) is 3.35. The van der Waals surface area contributed by atoms with Gasteiger partial charge in [-0.15, -0.1) is 0 Å². The molecule has 0 saturated carbocycles. The molecule has 0 fully saturated rings. The number of para-hydroxylation sites is 1. The van der Waals surface area contributed by atoms with Crippen LogP contribution in [0.3, 0.4) is 0 Å². The van der Waals surface area contributed by atoms with Crippen LogP contribution in [0.4, 0.5) is 11.4 Å². The lowest BCUT2D eigenvalue weighted by Gasteiger charge is -2.27. The molecule has 1 amide bonds. The van der Waals surface area contributed by atoms with Gasteiger partial charge in [0.2, 0.25) is 0 Å². The van der Waals surface area contributed by atoms with Crippen LogP contribution in [-0.4, -0.2) is 48.5 Å². The summed E-state index contributed by atoms with van der Waals surface area (Å²) in [5.41, 5.74) is 5.66. The maximum Gasteiger partial charge on any atom is 0.358 e. The van der Waals surface area contributed by atoms with Gasteiger partial charge in [-0.3, -0.25) is 4.79 Å². The topological polar surface area (TPSA) is 85.7 Å². The number of hydrogen-bond acceptors (Lipinski definition) is 6. The van der Waals surface area contributed by atoms with Gasteiger partial charge in [0.25, 0.3) is 5.91 Å². The van der Waals surface area contributed by atoms with Crippen LogP contribution in [0.2, 0.25) is 0 Å². The zero-order valence-corrected chi connectivity index (χ0v) is 21.0. The van der Waals surface area contributed by atoms with E-state index in [2.05, 4.69) is 15.3 Å². The highest BCUT2D eigenvalue weighted by atomic mass is 16.5. The van der Waals surface area contributed by atoms with E-state index in [1.807, 2.05) is 68.6 Å². The van der Waals surface area contributed by atoms with Crippen LogP contribution < -0.4 is 15.0 Å². The van der Waals surface area contributed by atoms with E-state index >= 15 is 0 Å². The number of nitrogens with zero attached hydrogens (tertiary/aromatic N) is 3. The quantitative estimate of drug-likeness (QED) is 0.374.